The van der Waals surface area contributed by atoms with Crippen molar-refractivity contribution in [1.82, 2.24) is 15.5 Å². The van der Waals surface area contributed by atoms with E-state index in [9.17, 15) is 4.79 Å². The average Bonchev–Trinajstić information content (AvgIpc) is 3.08. The van der Waals surface area contributed by atoms with Gasteiger partial charge in [-0.2, -0.15) is 4.98 Å². The minimum atomic E-state index is -0.260. The topological polar surface area (TPSA) is 71.3 Å². The van der Waals surface area contributed by atoms with Gasteiger partial charge in [0.05, 0.1) is 0 Å². The number of nitrogens with one attached hydrogen (secondary N) is 1. The second-order valence-electron chi connectivity index (χ2n) is 8.30. The van der Waals surface area contributed by atoms with Crippen LogP contribution in [0.3, 0.4) is 0 Å². The van der Waals surface area contributed by atoms with E-state index in [0.717, 1.165) is 37.4 Å². The van der Waals surface area contributed by atoms with E-state index in [1.165, 1.54) is 44.2 Å². The second kappa shape index (κ2) is 8.76. The highest BCUT2D eigenvalue weighted by atomic mass is 16.5. The zero-order valence-electron chi connectivity index (χ0n) is 16.7. The summed E-state index contributed by atoms with van der Waals surface area (Å²) in [5.74, 6) is 1.07. The lowest BCUT2D eigenvalue weighted by molar-refractivity contribution is 0.0889. The third-order valence-corrected chi connectivity index (χ3v) is 6.08. The Kier molecular flexibility index (Phi) is 5.93. The van der Waals surface area contributed by atoms with Crippen molar-refractivity contribution in [2.45, 2.75) is 64.3 Å². The minimum Gasteiger partial charge on any atom is -0.372 e. The van der Waals surface area contributed by atoms with Crippen molar-refractivity contribution >= 4 is 11.6 Å². The first-order valence-corrected chi connectivity index (χ1v) is 10.7. The molecule has 1 saturated heterocycles. The molecule has 4 rings (SSSR count). The summed E-state index contributed by atoms with van der Waals surface area (Å²) in [6, 6.07) is 8.44. The van der Waals surface area contributed by atoms with Crippen LogP contribution in [0.2, 0.25) is 0 Å². The summed E-state index contributed by atoms with van der Waals surface area (Å²) < 4.78 is 5.23. The molecule has 1 N–H and O–H groups in total. The molecule has 2 heterocycles. The molecule has 1 aromatic heterocycles. The van der Waals surface area contributed by atoms with Gasteiger partial charge in [-0.1, -0.05) is 37.8 Å². The number of hydrogen-bond acceptors (Lipinski definition) is 5. The Morgan fingerprint density at radius 2 is 1.71 bits per heavy atom. The van der Waals surface area contributed by atoms with E-state index in [4.69, 9.17) is 4.52 Å². The Balaban J connectivity index is 1.38. The van der Waals surface area contributed by atoms with Crippen LogP contribution in [0.1, 0.15) is 69.0 Å². The predicted octanol–water partition coefficient (Wildman–Crippen LogP) is 4.43. The summed E-state index contributed by atoms with van der Waals surface area (Å²) in [7, 11) is 0. The third kappa shape index (κ3) is 4.54. The SMILES string of the molecule is CC1CCN(c2ccc(-c3noc(C(=O)NC4CCCCCC4)n3)cc2)CC1. The molecular formula is C22H30N4O2. The Labute approximate surface area is 166 Å². The fourth-order valence-electron chi connectivity index (χ4n) is 4.19. The number of piperidine rings is 1. The Morgan fingerprint density at radius 3 is 2.39 bits per heavy atom. The van der Waals surface area contributed by atoms with Gasteiger partial charge < -0.3 is 14.7 Å². The number of nitrogens with zero attached hydrogens (tertiary/aromatic N) is 3. The van der Waals surface area contributed by atoms with E-state index in [2.05, 4.69) is 39.4 Å². The van der Waals surface area contributed by atoms with Crippen molar-refractivity contribution < 1.29 is 9.32 Å². The zero-order chi connectivity index (χ0) is 19.3. The number of carbonyl (C=O) groups is 1. The molecule has 1 amide bonds. The van der Waals surface area contributed by atoms with Crippen molar-refractivity contribution in [3.05, 3.63) is 30.2 Å². The lowest BCUT2D eigenvalue weighted by Gasteiger charge is -2.32. The Bertz CT molecular complexity index is 770. The van der Waals surface area contributed by atoms with Gasteiger partial charge in [0, 0.05) is 30.4 Å². The summed E-state index contributed by atoms with van der Waals surface area (Å²) in [4.78, 5) is 19.2. The van der Waals surface area contributed by atoms with Gasteiger partial charge in [-0.3, -0.25) is 4.79 Å². The molecule has 6 heteroatoms. The molecule has 1 saturated carbocycles. The van der Waals surface area contributed by atoms with E-state index in [1.807, 2.05) is 12.1 Å². The van der Waals surface area contributed by atoms with Gasteiger partial charge in [0.1, 0.15) is 0 Å². The first kappa shape index (κ1) is 19.0. The molecular weight excluding hydrogens is 352 g/mol. The second-order valence-corrected chi connectivity index (χ2v) is 8.30. The smallest absolute Gasteiger partial charge is 0.316 e. The molecule has 2 aromatic rings. The maximum absolute atomic E-state index is 12.4. The largest absolute Gasteiger partial charge is 0.372 e. The average molecular weight is 383 g/mol. The van der Waals surface area contributed by atoms with E-state index in [0.29, 0.717) is 5.82 Å². The van der Waals surface area contributed by atoms with Gasteiger partial charge >= 0.3 is 11.8 Å². The van der Waals surface area contributed by atoms with Crippen molar-refractivity contribution in [1.29, 1.82) is 0 Å². The maximum Gasteiger partial charge on any atom is 0.316 e. The molecule has 0 atom stereocenters. The van der Waals surface area contributed by atoms with Gasteiger partial charge in [-0.05, 0) is 55.9 Å². The summed E-state index contributed by atoms with van der Waals surface area (Å²) in [6.07, 6.45) is 9.39. The molecule has 2 fully saturated rings. The van der Waals surface area contributed by atoms with Crippen LogP contribution < -0.4 is 10.2 Å². The fourth-order valence-corrected chi connectivity index (χ4v) is 4.19. The monoisotopic (exact) mass is 382 g/mol. The first-order chi connectivity index (χ1) is 13.7. The summed E-state index contributed by atoms with van der Waals surface area (Å²) >= 11 is 0. The fraction of sp³-hybridized carbons (Fsp3) is 0.591. The maximum atomic E-state index is 12.4. The van der Waals surface area contributed by atoms with Crippen LogP contribution in [-0.4, -0.2) is 35.2 Å². The number of benzene rings is 1. The number of hydrogen-bond donors (Lipinski definition) is 1. The highest BCUT2D eigenvalue weighted by molar-refractivity contribution is 5.90. The van der Waals surface area contributed by atoms with Crippen molar-refractivity contribution in [2.24, 2.45) is 5.92 Å². The van der Waals surface area contributed by atoms with Crippen LogP contribution in [0.15, 0.2) is 28.8 Å². The molecule has 1 aromatic carbocycles. The number of amides is 1. The van der Waals surface area contributed by atoms with E-state index < -0.39 is 0 Å². The molecule has 150 valence electrons. The number of aromatic nitrogens is 2. The quantitative estimate of drug-likeness (QED) is 0.792. The third-order valence-electron chi connectivity index (χ3n) is 6.08. The molecule has 1 aliphatic carbocycles. The molecule has 0 spiro atoms. The van der Waals surface area contributed by atoms with Crippen molar-refractivity contribution in [2.75, 3.05) is 18.0 Å². The highest BCUT2D eigenvalue weighted by Crippen LogP contribution is 2.25. The molecule has 6 nitrogen and oxygen atoms in total. The first-order valence-electron chi connectivity index (χ1n) is 10.7. The predicted molar refractivity (Wildman–Crippen MR) is 109 cm³/mol. The zero-order valence-corrected chi connectivity index (χ0v) is 16.7. The molecule has 0 unspecified atom stereocenters. The van der Waals surface area contributed by atoms with Gasteiger partial charge in [0.15, 0.2) is 0 Å². The Morgan fingerprint density at radius 1 is 1.04 bits per heavy atom. The lowest BCUT2D eigenvalue weighted by atomic mass is 9.98. The van der Waals surface area contributed by atoms with Crippen LogP contribution in [0.25, 0.3) is 11.4 Å². The molecule has 1 aliphatic heterocycles. The van der Waals surface area contributed by atoms with Gasteiger partial charge in [0.25, 0.3) is 0 Å². The van der Waals surface area contributed by atoms with Crippen LogP contribution >= 0.6 is 0 Å². The van der Waals surface area contributed by atoms with Crippen molar-refractivity contribution in [3.8, 4) is 11.4 Å². The van der Waals surface area contributed by atoms with Crippen molar-refractivity contribution in [3.63, 3.8) is 0 Å². The normalized spacial score (nSPS) is 19.4. The Hall–Kier alpha value is -2.37. The molecule has 2 aliphatic rings. The van der Waals surface area contributed by atoms with E-state index >= 15 is 0 Å². The van der Waals surface area contributed by atoms with Crippen LogP contribution in [0.4, 0.5) is 5.69 Å². The lowest BCUT2D eigenvalue weighted by Crippen LogP contribution is -2.34. The minimum absolute atomic E-state index is 0.0494. The van der Waals surface area contributed by atoms with Gasteiger partial charge in [-0.25, -0.2) is 0 Å². The molecule has 0 bridgehead atoms. The van der Waals surface area contributed by atoms with Gasteiger partial charge in [-0.15, -0.1) is 0 Å². The van der Waals surface area contributed by atoms with E-state index in [1.54, 1.807) is 0 Å². The highest BCUT2D eigenvalue weighted by Gasteiger charge is 2.21. The summed E-state index contributed by atoms with van der Waals surface area (Å²) in [6.45, 7) is 4.53. The number of rotatable bonds is 4. The van der Waals surface area contributed by atoms with Crippen LogP contribution in [-0.2, 0) is 0 Å². The summed E-state index contributed by atoms with van der Waals surface area (Å²) in [5.41, 5.74) is 2.09. The van der Waals surface area contributed by atoms with Crippen LogP contribution in [0.5, 0.6) is 0 Å². The van der Waals surface area contributed by atoms with Crippen LogP contribution in [0, 0.1) is 5.92 Å². The number of carbonyl (C=O) groups excluding carboxylic acids is 1. The van der Waals surface area contributed by atoms with E-state index in [-0.39, 0.29) is 17.8 Å². The standard InChI is InChI=1S/C22H30N4O2/c1-16-12-14-26(15-13-16)19-10-8-17(9-11-19)20-24-22(28-25-20)21(27)23-18-6-4-2-3-5-7-18/h8-11,16,18H,2-7,12-15H2,1H3,(H,23,27). The van der Waals surface area contributed by atoms with Gasteiger partial charge in [0.2, 0.25) is 5.82 Å². The molecule has 0 radical (unpaired) electrons. The summed E-state index contributed by atoms with van der Waals surface area (Å²) in [5, 5.41) is 7.06. The molecule has 28 heavy (non-hydrogen) atoms. The number of anilines is 1.